The molecule has 1 atom stereocenters. The normalized spacial score (nSPS) is 13.5. The van der Waals surface area contributed by atoms with Crippen molar-refractivity contribution < 1.29 is 5.11 Å². The maximum Gasteiger partial charge on any atom is 0.0431 e. The van der Waals surface area contributed by atoms with Crippen LogP contribution in [0.1, 0.15) is 39.0 Å². The molecule has 0 saturated heterocycles. The van der Waals surface area contributed by atoms with Crippen LogP contribution in [0, 0.1) is 0 Å². The first kappa shape index (κ1) is 13.9. The first-order valence-corrected chi connectivity index (χ1v) is 5.71. The van der Waals surface area contributed by atoms with E-state index in [4.69, 9.17) is 10.8 Å². The van der Waals surface area contributed by atoms with Gasteiger partial charge in [0.25, 0.3) is 0 Å². The van der Waals surface area contributed by atoms with E-state index in [1.807, 2.05) is 0 Å². The van der Waals surface area contributed by atoms with E-state index < -0.39 is 0 Å². The molecule has 0 spiro atoms. The Morgan fingerprint density at radius 3 is 2.36 bits per heavy atom. The molecule has 0 heterocycles. The van der Waals surface area contributed by atoms with Crippen molar-refractivity contribution in [3.8, 4) is 0 Å². The monoisotopic (exact) mass is 202 g/mol. The van der Waals surface area contributed by atoms with Crippen molar-refractivity contribution in [2.75, 3.05) is 26.7 Å². The summed E-state index contributed by atoms with van der Waals surface area (Å²) >= 11 is 0. The van der Waals surface area contributed by atoms with Gasteiger partial charge in [0, 0.05) is 12.6 Å². The molecule has 0 fully saturated rings. The average molecular weight is 202 g/mol. The number of unbranched alkanes of at least 4 members (excludes halogenated alkanes) is 3. The largest absolute Gasteiger partial charge is 0.396 e. The van der Waals surface area contributed by atoms with Crippen molar-refractivity contribution in [1.82, 2.24) is 4.90 Å². The van der Waals surface area contributed by atoms with Crippen LogP contribution in [0.3, 0.4) is 0 Å². The van der Waals surface area contributed by atoms with Crippen LogP contribution < -0.4 is 5.73 Å². The van der Waals surface area contributed by atoms with Crippen LogP contribution in [0.4, 0.5) is 0 Å². The lowest BCUT2D eigenvalue weighted by atomic mass is 10.2. The van der Waals surface area contributed by atoms with Gasteiger partial charge in [-0.1, -0.05) is 12.8 Å². The Morgan fingerprint density at radius 1 is 1.14 bits per heavy atom. The lowest BCUT2D eigenvalue weighted by Crippen LogP contribution is -2.26. The van der Waals surface area contributed by atoms with Crippen molar-refractivity contribution in [2.24, 2.45) is 5.73 Å². The van der Waals surface area contributed by atoms with Crippen molar-refractivity contribution in [2.45, 2.75) is 45.1 Å². The lowest BCUT2D eigenvalue weighted by molar-refractivity contribution is 0.276. The van der Waals surface area contributed by atoms with Crippen LogP contribution in [-0.2, 0) is 0 Å². The number of nitrogens with zero attached hydrogens (tertiary/aromatic N) is 1. The summed E-state index contributed by atoms with van der Waals surface area (Å²) < 4.78 is 0. The van der Waals surface area contributed by atoms with Crippen LogP contribution >= 0.6 is 0 Å². The van der Waals surface area contributed by atoms with Crippen LogP contribution in [0.15, 0.2) is 0 Å². The predicted molar refractivity (Wildman–Crippen MR) is 61.3 cm³/mol. The molecule has 3 N–H and O–H groups in total. The van der Waals surface area contributed by atoms with Gasteiger partial charge in [0.05, 0.1) is 0 Å². The van der Waals surface area contributed by atoms with E-state index in [-0.39, 0.29) is 0 Å². The Hall–Kier alpha value is -0.120. The molecule has 0 aromatic carbocycles. The fourth-order valence-corrected chi connectivity index (χ4v) is 1.38. The van der Waals surface area contributed by atoms with Crippen molar-refractivity contribution in [1.29, 1.82) is 0 Å². The fourth-order valence-electron chi connectivity index (χ4n) is 1.38. The Balaban J connectivity index is 3.14. The van der Waals surface area contributed by atoms with Crippen LogP contribution in [0.5, 0.6) is 0 Å². The topological polar surface area (TPSA) is 49.5 Å². The highest BCUT2D eigenvalue weighted by Crippen LogP contribution is 2.01. The van der Waals surface area contributed by atoms with E-state index in [9.17, 15) is 0 Å². The summed E-state index contributed by atoms with van der Waals surface area (Å²) in [5.74, 6) is 0. The second-order valence-corrected chi connectivity index (χ2v) is 4.21. The second-order valence-electron chi connectivity index (χ2n) is 4.21. The highest BCUT2D eigenvalue weighted by Gasteiger charge is 2.00. The van der Waals surface area contributed by atoms with E-state index in [2.05, 4.69) is 18.9 Å². The minimum Gasteiger partial charge on any atom is -0.396 e. The SMILES string of the molecule is CC(N)CCN(C)CCCCCCO. The van der Waals surface area contributed by atoms with Gasteiger partial charge in [-0.2, -0.15) is 0 Å². The number of hydrogen-bond donors (Lipinski definition) is 2. The quantitative estimate of drug-likeness (QED) is 0.553. The fraction of sp³-hybridized carbons (Fsp3) is 1.00. The van der Waals surface area contributed by atoms with Gasteiger partial charge in [0.2, 0.25) is 0 Å². The number of aliphatic hydroxyl groups excluding tert-OH is 1. The highest BCUT2D eigenvalue weighted by molar-refractivity contribution is 4.58. The molecule has 1 unspecified atom stereocenters. The first-order valence-electron chi connectivity index (χ1n) is 5.71. The van der Waals surface area contributed by atoms with Gasteiger partial charge in [0.15, 0.2) is 0 Å². The molecule has 0 aliphatic carbocycles. The van der Waals surface area contributed by atoms with Crippen LogP contribution in [-0.4, -0.2) is 42.8 Å². The zero-order valence-corrected chi connectivity index (χ0v) is 9.71. The van der Waals surface area contributed by atoms with Gasteiger partial charge in [0.1, 0.15) is 0 Å². The molecule has 86 valence electrons. The third kappa shape index (κ3) is 9.96. The summed E-state index contributed by atoms with van der Waals surface area (Å²) in [6.07, 6.45) is 5.63. The predicted octanol–water partition coefficient (Wildman–Crippen LogP) is 1.21. The summed E-state index contributed by atoms with van der Waals surface area (Å²) in [4.78, 5) is 2.34. The highest BCUT2D eigenvalue weighted by atomic mass is 16.2. The first-order chi connectivity index (χ1) is 6.66. The van der Waals surface area contributed by atoms with Crippen molar-refractivity contribution in [3.05, 3.63) is 0 Å². The lowest BCUT2D eigenvalue weighted by Gasteiger charge is -2.17. The summed E-state index contributed by atoms with van der Waals surface area (Å²) in [5.41, 5.74) is 5.68. The molecular weight excluding hydrogens is 176 g/mol. The molecule has 3 nitrogen and oxygen atoms in total. The van der Waals surface area contributed by atoms with Crippen molar-refractivity contribution >= 4 is 0 Å². The second kappa shape index (κ2) is 9.44. The van der Waals surface area contributed by atoms with Crippen molar-refractivity contribution in [3.63, 3.8) is 0 Å². The van der Waals surface area contributed by atoms with E-state index in [0.29, 0.717) is 12.6 Å². The third-order valence-corrected chi connectivity index (χ3v) is 2.41. The van der Waals surface area contributed by atoms with E-state index >= 15 is 0 Å². The van der Waals surface area contributed by atoms with Gasteiger partial charge >= 0.3 is 0 Å². The van der Waals surface area contributed by atoms with Gasteiger partial charge in [-0.15, -0.1) is 0 Å². The van der Waals surface area contributed by atoms with E-state index in [1.54, 1.807) is 0 Å². The molecule has 0 amide bonds. The van der Waals surface area contributed by atoms with E-state index in [0.717, 1.165) is 32.4 Å². The Labute approximate surface area is 88.3 Å². The molecule has 0 aromatic rings. The summed E-state index contributed by atoms with van der Waals surface area (Å²) in [7, 11) is 2.15. The Morgan fingerprint density at radius 2 is 1.79 bits per heavy atom. The minimum absolute atomic E-state index is 0.312. The number of rotatable bonds is 9. The smallest absolute Gasteiger partial charge is 0.0431 e. The molecule has 0 radical (unpaired) electrons. The number of aliphatic hydroxyl groups is 1. The molecule has 0 saturated carbocycles. The van der Waals surface area contributed by atoms with Crippen LogP contribution in [0.25, 0.3) is 0 Å². The average Bonchev–Trinajstić information content (AvgIpc) is 2.14. The standard InChI is InChI=1S/C11H26N2O/c1-11(12)7-9-13(2)8-5-3-4-6-10-14/h11,14H,3-10,12H2,1-2H3. The molecule has 0 aromatic heterocycles. The Kier molecular flexibility index (Phi) is 9.35. The van der Waals surface area contributed by atoms with Crippen LogP contribution in [0.2, 0.25) is 0 Å². The summed E-state index contributed by atoms with van der Waals surface area (Å²) in [6.45, 7) is 4.63. The summed E-state index contributed by atoms with van der Waals surface area (Å²) in [6, 6.07) is 0.312. The Bertz CT molecular complexity index is 118. The molecule has 0 rings (SSSR count). The van der Waals surface area contributed by atoms with E-state index in [1.165, 1.54) is 12.8 Å². The number of nitrogens with two attached hydrogens (primary N) is 1. The molecule has 0 bridgehead atoms. The molecule has 0 aliphatic heterocycles. The van der Waals surface area contributed by atoms with Gasteiger partial charge in [-0.25, -0.2) is 0 Å². The summed E-state index contributed by atoms with van der Waals surface area (Å²) in [5, 5.41) is 8.60. The maximum absolute atomic E-state index is 8.60. The maximum atomic E-state index is 8.60. The van der Waals surface area contributed by atoms with Gasteiger partial charge in [-0.05, 0) is 46.3 Å². The number of hydrogen-bond acceptors (Lipinski definition) is 3. The molecule has 0 aliphatic rings. The van der Waals surface area contributed by atoms with Gasteiger partial charge < -0.3 is 15.7 Å². The molecule has 3 heteroatoms. The zero-order chi connectivity index (χ0) is 10.8. The zero-order valence-electron chi connectivity index (χ0n) is 9.71. The van der Waals surface area contributed by atoms with Gasteiger partial charge in [-0.3, -0.25) is 0 Å². The minimum atomic E-state index is 0.312. The third-order valence-electron chi connectivity index (χ3n) is 2.41. The molecular formula is C11H26N2O. The molecule has 14 heavy (non-hydrogen) atoms.